The van der Waals surface area contributed by atoms with E-state index in [9.17, 15) is 14.7 Å². The van der Waals surface area contributed by atoms with E-state index in [2.05, 4.69) is 11.8 Å². The van der Waals surface area contributed by atoms with Crippen LogP contribution in [-0.2, 0) is 0 Å². The second-order valence-corrected chi connectivity index (χ2v) is 8.60. The number of ether oxygens (including phenoxy) is 1. The number of piperazine rings is 1. The molecule has 0 radical (unpaired) electrons. The van der Waals surface area contributed by atoms with Crippen LogP contribution in [0.4, 0.5) is 10.1 Å². The van der Waals surface area contributed by atoms with Gasteiger partial charge in [0.05, 0.1) is 18.3 Å². The van der Waals surface area contributed by atoms with E-state index in [1.165, 1.54) is 31.5 Å². The third kappa shape index (κ3) is 4.77. The zero-order valence-electron chi connectivity index (χ0n) is 19.6. The lowest BCUT2D eigenvalue weighted by Crippen LogP contribution is -2.47. The van der Waals surface area contributed by atoms with E-state index in [0.29, 0.717) is 35.7 Å². The van der Waals surface area contributed by atoms with Crippen LogP contribution in [0.3, 0.4) is 0 Å². The highest BCUT2D eigenvalue weighted by atomic mass is 19.1. The average Bonchev–Trinajstić information content (AvgIpc) is 2.85. The summed E-state index contributed by atoms with van der Waals surface area (Å²) in [5.41, 5.74) is 0.425. The van der Waals surface area contributed by atoms with E-state index in [1.54, 1.807) is 42.0 Å². The molecule has 0 unspecified atom stereocenters. The van der Waals surface area contributed by atoms with Crippen LogP contribution in [0.1, 0.15) is 36.5 Å². The second-order valence-electron chi connectivity index (χ2n) is 8.60. The molecule has 2 heterocycles. The van der Waals surface area contributed by atoms with E-state index in [0.717, 1.165) is 19.6 Å². The fourth-order valence-corrected chi connectivity index (χ4v) is 4.48. The molecule has 0 saturated carbocycles. The number of methoxy groups -OCH3 is 1. The van der Waals surface area contributed by atoms with Crippen molar-refractivity contribution in [2.24, 2.45) is 0 Å². The van der Waals surface area contributed by atoms with Crippen molar-refractivity contribution in [2.45, 2.75) is 26.2 Å². The van der Waals surface area contributed by atoms with Gasteiger partial charge in [-0.25, -0.2) is 9.18 Å². The number of anilines is 1. The number of carboxylic acid groups (broad SMARTS) is 1. The van der Waals surface area contributed by atoms with Gasteiger partial charge in [-0.2, -0.15) is 0 Å². The topological polar surface area (TPSA) is 75.0 Å². The summed E-state index contributed by atoms with van der Waals surface area (Å²) < 4.78 is 22.1. The number of halogens is 1. The van der Waals surface area contributed by atoms with Crippen molar-refractivity contribution < 1.29 is 19.0 Å². The quantitative estimate of drug-likeness (QED) is 0.502. The van der Waals surface area contributed by atoms with Gasteiger partial charge in [0, 0.05) is 43.4 Å². The van der Waals surface area contributed by atoms with Gasteiger partial charge in [0.15, 0.2) is 0 Å². The number of unbranched alkanes of at least 4 members (excludes halogenated alkanes) is 2. The van der Waals surface area contributed by atoms with E-state index < -0.39 is 22.8 Å². The van der Waals surface area contributed by atoms with Crippen LogP contribution in [0.2, 0.25) is 0 Å². The fourth-order valence-electron chi connectivity index (χ4n) is 4.48. The molecule has 2 aromatic carbocycles. The molecule has 1 aromatic heterocycles. The molecule has 1 fully saturated rings. The predicted octanol–water partition coefficient (Wildman–Crippen LogP) is 4.15. The van der Waals surface area contributed by atoms with Gasteiger partial charge in [-0.05, 0) is 49.4 Å². The molecule has 1 aliphatic heterocycles. The molecule has 34 heavy (non-hydrogen) atoms. The molecule has 180 valence electrons. The average molecular weight is 468 g/mol. The number of hydrogen-bond donors (Lipinski definition) is 1. The Labute approximate surface area is 198 Å². The molecule has 8 heteroatoms. The normalized spacial score (nSPS) is 14.5. The molecule has 1 saturated heterocycles. The fraction of sp³-hybridized carbons (Fsp3) is 0.385. The Morgan fingerprint density at radius 2 is 1.79 bits per heavy atom. The first-order valence-corrected chi connectivity index (χ1v) is 11.7. The van der Waals surface area contributed by atoms with Gasteiger partial charge < -0.3 is 19.3 Å². The summed E-state index contributed by atoms with van der Waals surface area (Å²) >= 11 is 0. The summed E-state index contributed by atoms with van der Waals surface area (Å²) in [5, 5.41) is 9.61. The Kier molecular flexibility index (Phi) is 7.17. The SMILES string of the molecule is CCCCCN1CCN(c2cc3c(cc2F)c(=O)c(C(=O)O)cn3-c2ccc(OC)cc2)CC1. The molecular weight excluding hydrogens is 437 g/mol. The molecule has 0 amide bonds. The van der Waals surface area contributed by atoms with Gasteiger partial charge in [0.25, 0.3) is 0 Å². The molecule has 0 bridgehead atoms. The van der Waals surface area contributed by atoms with Crippen molar-refractivity contribution in [3.05, 3.63) is 64.2 Å². The van der Waals surface area contributed by atoms with Crippen LogP contribution in [0.15, 0.2) is 47.4 Å². The number of carboxylic acids is 1. The van der Waals surface area contributed by atoms with Crippen molar-refractivity contribution in [3.8, 4) is 11.4 Å². The lowest BCUT2D eigenvalue weighted by molar-refractivity contribution is 0.0695. The zero-order valence-corrected chi connectivity index (χ0v) is 19.6. The van der Waals surface area contributed by atoms with Crippen LogP contribution >= 0.6 is 0 Å². The van der Waals surface area contributed by atoms with Crippen molar-refractivity contribution >= 4 is 22.6 Å². The maximum absolute atomic E-state index is 15.2. The van der Waals surface area contributed by atoms with Crippen molar-refractivity contribution in [2.75, 3.05) is 44.7 Å². The molecule has 0 aliphatic carbocycles. The van der Waals surface area contributed by atoms with E-state index in [-0.39, 0.29) is 5.39 Å². The van der Waals surface area contributed by atoms with Crippen LogP contribution in [-0.4, -0.2) is 60.4 Å². The minimum Gasteiger partial charge on any atom is -0.497 e. The molecule has 1 N–H and O–H groups in total. The van der Waals surface area contributed by atoms with E-state index >= 15 is 4.39 Å². The summed E-state index contributed by atoms with van der Waals surface area (Å²) in [4.78, 5) is 29.0. The van der Waals surface area contributed by atoms with Gasteiger partial charge in [-0.1, -0.05) is 19.8 Å². The van der Waals surface area contributed by atoms with E-state index in [4.69, 9.17) is 4.74 Å². The number of aromatic nitrogens is 1. The van der Waals surface area contributed by atoms with Gasteiger partial charge in [-0.15, -0.1) is 0 Å². The van der Waals surface area contributed by atoms with Crippen molar-refractivity contribution in [3.63, 3.8) is 0 Å². The molecule has 0 spiro atoms. The number of nitrogens with zero attached hydrogens (tertiary/aromatic N) is 3. The van der Waals surface area contributed by atoms with Crippen LogP contribution in [0.25, 0.3) is 16.6 Å². The van der Waals surface area contributed by atoms with Crippen LogP contribution in [0.5, 0.6) is 5.75 Å². The van der Waals surface area contributed by atoms with Crippen molar-refractivity contribution in [1.29, 1.82) is 0 Å². The summed E-state index contributed by atoms with van der Waals surface area (Å²) in [6.45, 7) is 6.32. The third-order valence-corrected chi connectivity index (χ3v) is 6.44. The smallest absolute Gasteiger partial charge is 0.341 e. The number of aromatic carboxylic acids is 1. The van der Waals surface area contributed by atoms with E-state index in [1.807, 2.05) is 4.90 Å². The minimum absolute atomic E-state index is 0.0372. The highest BCUT2D eigenvalue weighted by molar-refractivity contribution is 5.94. The lowest BCUT2D eigenvalue weighted by Gasteiger charge is -2.36. The second kappa shape index (κ2) is 10.3. The first-order chi connectivity index (χ1) is 16.4. The summed E-state index contributed by atoms with van der Waals surface area (Å²) in [7, 11) is 1.56. The van der Waals surface area contributed by atoms with Gasteiger partial charge >= 0.3 is 5.97 Å². The molecule has 7 nitrogen and oxygen atoms in total. The number of pyridine rings is 1. The number of hydrogen-bond acceptors (Lipinski definition) is 5. The van der Waals surface area contributed by atoms with Crippen LogP contribution in [0, 0.1) is 5.82 Å². The number of fused-ring (bicyclic) bond motifs is 1. The molecule has 0 atom stereocenters. The number of rotatable bonds is 8. The highest BCUT2D eigenvalue weighted by Gasteiger charge is 2.23. The monoisotopic (exact) mass is 467 g/mol. The molecular formula is C26H30FN3O4. The highest BCUT2D eigenvalue weighted by Crippen LogP contribution is 2.28. The first-order valence-electron chi connectivity index (χ1n) is 11.7. The van der Waals surface area contributed by atoms with Gasteiger partial charge in [-0.3, -0.25) is 9.69 Å². The Morgan fingerprint density at radius 1 is 1.09 bits per heavy atom. The Balaban J connectivity index is 1.74. The summed E-state index contributed by atoms with van der Waals surface area (Å²) in [6, 6.07) is 9.88. The molecule has 3 aromatic rings. The Bertz CT molecular complexity index is 1230. The Morgan fingerprint density at radius 3 is 2.41 bits per heavy atom. The summed E-state index contributed by atoms with van der Waals surface area (Å²) in [6.07, 6.45) is 4.87. The van der Waals surface area contributed by atoms with Crippen molar-refractivity contribution in [1.82, 2.24) is 9.47 Å². The third-order valence-electron chi connectivity index (χ3n) is 6.44. The van der Waals surface area contributed by atoms with Gasteiger partial charge in [0.2, 0.25) is 5.43 Å². The maximum Gasteiger partial charge on any atom is 0.341 e. The standard InChI is InChI=1S/C26H30FN3O4/c1-3-4-5-10-28-11-13-29(14-12-28)24-16-23-20(15-22(24)27)25(31)21(26(32)33)17-30(23)18-6-8-19(34-2)9-7-18/h6-9,15-17H,3-5,10-14H2,1-2H3,(H,32,33). The number of carbonyl (C=O) groups is 1. The largest absolute Gasteiger partial charge is 0.497 e. The Hall–Kier alpha value is -3.39. The zero-order chi connectivity index (χ0) is 24.2. The van der Waals surface area contributed by atoms with Gasteiger partial charge in [0.1, 0.15) is 17.1 Å². The minimum atomic E-state index is -1.35. The molecule has 4 rings (SSSR count). The first kappa shape index (κ1) is 23.8. The summed E-state index contributed by atoms with van der Waals surface area (Å²) in [5.74, 6) is -1.22. The molecule has 1 aliphatic rings. The lowest BCUT2D eigenvalue weighted by atomic mass is 10.1. The van der Waals surface area contributed by atoms with Crippen LogP contribution < -0.4 is 15.1 Å². The number of benzene rings is 2. The predicted molar refractivity (Wildman–Crippen MR) is 131 cm³/mol. The maximum atomic E-state index is 15.2.